The molecular formula is C18H28N2O3S2. The molecule has 5 nitrogen and oxygen atoms in total. The van der Waals surface area contributed by atoms with Gasteiger partial charge in [-0.3, -0.25) is 4.79 Å². The van der Waals surface area contributed by atoms with E-state index < -0.39 is 10.0 Å². The van der Waals surface area contributed by atoms with Gasteiger partial charge >= 0.3 is 0 Å². The summed E-state index contributed by atoms with van der Waals surface area (Å²) >= 11 is 1.46. The lowest BCUT2D eigenvalue weighted by Crippen LogP contribution is -2.38. The highest BCUT2D eigenvalue weighted by Gasteiger charge is 2.25. The van der Waals surface area contributed by atoms with Crippen LogP contribution >= 0.6 is 11.8 Å². The van der Waals surface area contributed by atoms with Gasteiger partial charge in [-0.15, -0.1) is 11.8 Å². The maximum absolute atomic E-state index is 12.9. The lowest BCUT2D eigenvalue weighted by molar-refractivity contribution is 0.0693. The number of likely N-dealkylation sites (tertiary alicyclic amines) is 1. The molecule has 0 aliphatic carbocycles. The van der Waals surface area contributed by atoms with E-state index in [1.54, 1.807) is 12.1 Å². The van der Waals surface area contributed by atoms with Crippen molar-refractivity contribution < 1.29 is 13.2 Å². The number of piperidine rings is 1. The highest BCUT2D eigenvalue weighted by atomic mass is 32.2. The van der Waals surface area contributed by atoms with Crippen LogP contribution in [0.5, 0.6) is 0 Å². The monoisotopic (exact) mass is 384 g/mol. The molecule has 1 aromatic carbocycles. The zero-order valence-electron chi connectivity index (χ0n) is 15.4. The maximum Gasteiger partial charge on any atom is 0.255 e. The number of nitrogens with one attached hydrogen (secondary N) is 1. The Kier molecular flexibility index (Phi) is 6.93. The van der Waals surface area contributed by atoms with Crippen LogP contribution in [0.25, 0.3) is 0 Å². The molecule has 1 aliphatic heterocycles. The Hall–Kier alpha value is -1.05. The largest absolute Gasteiger partial charge is 0.339 e. The van der Waals surface area contributed by atoms with Crippen molar-refractivity contribution >= 4 is 27.7 Å². The van der Waals surface area contributed by atoms with Crippen LogP contribution in [0.3, 0.4) is 0 Å². The van der Waals surface area contributed by atoms with Gasteiger partial charge in [-0.05, 0) is 56.6 Å². The minimum absolute atomic E-state index is 0.0724. The number of nitrogens with zero attached hydrogens (tertiary/aromatic N) is 1. The topological polar surface area (TPSA) is 66.5 Å². The van der Waals surface area contributed by atoms with Crippen molar-refractivity contribution in [3.8, 4) is 0 Å². The van der Waals surface area contributed by atoms with Crippen molar-refractivity contribution in [3.05, 3.63) is 23.8 Å². The Labute approximate surface area is 155 Å². The van der Waals surface area contributed by atoms with E-state index in [-0.39, 0.29) is 16.8 Å². The smallest absolute Gasteiger partial charge is 0.255 e. The van der Waals surface area contributed by atoms with E-state index in [4.69, 9.17) is 0 Å². The van der Waals surface area contributed by atoms with Gasteiger partial charge in [0.2, 0.25) is 10.0 Å². The summed E-state index contributed by atoms with van der Waals surface area (Å²) in [5.41, 5.74) is 0.481. The highest BCUT2D eigenvalue weighted by molar-refractivity contribution is 7.98. The van der Waals surface area contributed by atoms with Crippen molar-refractivity contribution in [3.63, 3.8) is 0 Å². The van der Waals surface area contributed by atoms with Crippen molar-refractivity contribution in [2.45, 2.75) is 55.9 Å². The second-order valence-corrected chi connectivity index (χ2v) is 9.33. The van der Waals surface area contributed by atoms with E-state index in [1.807, 2.05) is 25.0 Å². The predicted octanol–water partition coefficient (Wildman–Crippen LogP) is 3.36. The highest BCUT2D eigenvalue weighted by Crippen LogP contribution is 2.27. The van der Waals surface area contributed by atoms with Crippen LogP contribution in [0, 0.1) is 5.92 Å². The van der Waals surface area contributed by atoms with E-state index in [2.05, 4.69) is 11.6 Å². The van der Waals surface area contributed by atoms with Crippen LogP contribution in [0.1, 0.15) is 50.4 Å². The molecule has 140 valence electrons. The van der Waals surface area contributed by atoms with Crippen LogP contribution in [-0.4, -0.2) is 44.6 Å². The summed E-state index contributed by atoms with van der Waals surface area (Å²) in [6, 6.07) is 4.69. The molecule has 0 spiro atoms. The predicted molar refractivity (Wildman–Crippen MR) is 103 cm³/mol. The average Bonchev–Trinajstić information content (AvgIpc) is 2.60. The quantitative estimate of drug-likeness (QED) is 0.764. The number of amides is 1. The third kappa shape index (κ3) is 4.99. The molecule has 1 atom stereocenters. The standard InChI is InChI=1S/C18H28N2O3S2/c1-5-14(3)19-25(22,23)15-6-7-17(24-4)16(12-15)18(21)20-10-8-13(2)9-11-20/h6-7,12-14,19H,5,8-11H2,1-4H3/t14-/m0/s1. The van der Waals surface area contributed by atoms with E-state index in [0.29, 0.717) is 17.9 Å². The van der Waals surface area contributed by atoms with Gasteiger partial charge in [0.1, 0.15) is 0 Å². The number of sulfonamides is 1. The second kappa shape index (κ2) is 8.56. The number of carbonyl (C=O) groups excluding carboxylic acids is 1. The second-order valence-electron chi connectivity index (χ2n) is 6.77. The summed E-state index contributed by atoms with van der Waals surface area (Å²) < 4.78 is 27.8. The van der Waals surface area contributed by atoms with Crippen molar-refractivity contribution in [1.82, 2.24) is 9.62 Å². The lowest BCUT2D eigenvalue weighted by Gasteiger charge is -2.31. The van der Waals surface area contributed by atoms with Crippen LogP contribution < -0.4 is 4.72 Å². The zero-order chi connectivity index (χ0) is 18.6. The van der Waals surface area contributed by atoms with E-state index in [1.165, 1.54) is 17.8 Å². The summed E-state index contributed by atoms with van der Waals surface area (Å²) in [6.45, 7) is 7.42. The summed E-state index contributed by atoms with van der Waals surface area (Å²) in [4.78, 5) is 15.7. The van der Waals surface area contributed by atoms with Gasteiger partial charge in [0.05, 0.1) is 10.5 Å². The molecule has 0 aromatic heterocycles. The molecule has 0 unspecified atom stereocenters. The Bertz CT molecular complexity index is 711. The summed E-state index contributed by atoms with van der Waals surface area (Å²) in [5.74, 6) is 0.562. The fraction of sp³-hybridized carbons (Fsp3) is 0.611. The van der Waals surface area contributed by atoms with Gasteiger partial charge in [0.25, 0.3) is 5.91 Å². The molecule has 25 heavy (non-hydrogen) atoms. The number of thioether (sulfide) groups is 1. The third-order valence-corrected chi connectivity index (χ3v) is 7.13. The molecule has 2 rings (SSSR count). The Morgan fingerprint density at radius 1 is 1.36 bits per heavy atom. The molecule has 0 bridgehead atoms. The molecule has 1 N–H and O–H groups in total. The number of hydrogen-bond acceptors (Lipinski definition) is 4. The van der Waals surface area contributed by atoms with Crippen LogP contribution in [-0.2, 0) is 10.0 Å². The Balaban J connectivity index is 2.32. The average molecular weight is 385 g/mol. The van der Waals surface area contributed by atoms with Crippen molar-refractivity contribution in [2.75, 3.05) is 19.3 Å². The molecule has 0 radical (unpaired) electrons. The van der Waals surface area contributed by atoms with Crippen molar-refractivity contribution in [2.24, 2.45) is 5.92 Å². The number of rotatable bonds is 6. The fourth-order valence-electron chi connectivity index (χ4n) is 2.82. The molecular weight excluding hydrogens is 356 g/mol. The molecule has 1 heterocycles. The number of hydrogen-bond donors (Lipinski definition) is 1. The SMILES string of the molecule is CC[C@H](C)NS(=O)(=O)c1ccc(SC)c(C(=O)N2CCC(C)CC2)c1. The summed E-state index contributed by atoms with van der Waals surface area (Å²) in [6.07, 6.45) is 4.59. The lowest BCUT2D eigenvalue weighted by atomic mass is 9.98. The Morgan fingerprint density at radius 3 is 2.56 bits per heavy atom. The normalized spacial score (nSPS) is 17.5. The first-order valence-corrected chi connectivity index (χ1v) is 11.5. The van der Waals surface area contributed by atoms with Gasteiger partial charge in [-0.1, -0.05) is 13.8 Å². The third-order valence-electron chi connectivity index (χ3n) is 4.75. The summed E-state index contributed by atoms with van der Waals surface area (Å²) in [7, 11) is -3.62. The Morgan fingerprint density at radius 2 is 2.00 bits per heavy atom. The molecule has 1 saturated heterocycles. The van der Waals surface area contributed by atoms with Gasteiger partial charge in [0.15, 0.2) is 0 Å². The molecule has 1 aromatic rings. The minimum Gasteiger partial charge on any atom is -0.339 e. The molecule has 1 amide bonds. The maximum atomic E-state index is 12.9. The fourth-order valence-corrected chi connectivity index (χ4v) is 4.74. The van der Waals surface area contributed by atoms with Crippen LogP contribution in [0.2, 0.25) is 0 Å². The van der Waals surface area contributed by atoms with E-state index in [0.717, 1.165) is 30.8 Å². The molecule has 1 fully saturated rings. The molecule has 1 aliphatic rings. The van der Waals surface area contributed by atoms with Gasteiger partial charge in [-0.2, -0.15) is 0 Å². The molecule has 7 heteroatoms. The molecule has 0 saturated carbocycles. The first-order chi connectivity index (χ1) is 11.8. The van der Waals surface area contributed by atoms with E-state index in [9.17, 15) is 13.2 Å². The van der Waals surface area contributed by atoms with E-state index >= 15 is 0 Å². The van der Waals surface area contributed by atoms with Gasteiger partial charge in [0, 0.05) is 24.0 Å². The van der Waals surface area contributed by atoms with Gasteiger partial charge in [-0.25, -0.2) is 13.1 Å². The van der Waals surface area contributed by atoms with Gasteiger partial charge < -0.3 is 4.90 Å². The zero-order valence-corrected chi connectivity index (χ0v) is 17.0. The number of benzene rings is 1. The summed E-state index contributed by atoms with van der Waals surface area (Å²) in [5, 5.41) is 0. The van der Waals surface area contributed by atoms with Crippen molar-refractivity contribution in [1.29, 1.82) is 0 Å². The van der Waals surface area contributed by atoms with Crippen LogP contribution in [0.4, 0.5) is 0 Å². The van der Waals surface area contributed by atoms with Crippen LogP contribution in [0.15, 0.2) is 28.0 Å². The minimum atomic E-state index is -3.62. The first kappa shape index (κ1) is 20.3. The first-order valence-electron chi connectivity index (χ1n) is 8.78. The number of carbonyl (C=O) groups is 1.